The third-order valence-corrected chi connectivity index (χ3v) is 5.25. The van der Waals surface area contributed by atoms with Crippen LogP contribution >= 0.6 is 0 Å². The molecule has 5 heteroatoms. The zero-order chi connectivity index (χ0) is 19.6. The summed E-state index contributed by atoms with van der Waals surface area (Å²) in [5, 5.41) is 8.32. The van der Waals surface area contributed by atoms with Gasteiger partial charge in [-0.25, -0.2) is 0 Å². The lowest BCUT2D eigenvalue weighted by atomic mass is 10.0. The Morgan fingerprint density at radius 3 is 2.78 bits per heavy atom. The third kappa shape index (κ3) is 4.52. The Hall–Kier alpha value is -2.30. The van der Waals surface area contributed by atoms with E-state index in [1.165, 1.54) is 28.8 Å². The van der Waals surface area contributed by atoms with Crippen molar-refractivity contribution in [3.05, 3.63) is 52.8 Å². The quantitative estimate of drug-likeness (QED) is 0.624. The molecular formula is C22H33N5. The van der Waals surface area contributed by atoms with E-state index < -0.39 is 0 Å². The lowest BCUT2D eigenvalue weighted by molar-refractivity contribution is 0.471. The minimum absolute atomic E-state index is 0.419. The SMILES string of the molecule is CCN=C(NC1CC1c1ccccc1C)N(C)Cc1cn(C)nc1C(C)C. The fourth-order valence-electron chi connectivity index (χ4n) is 3.79. The molecule has 2 atom stereocenters. The molecule has 0 spiro atoms. The number of hydrogen-bond acceptors (Lipinski definition) is 2. The van der Waals surface area contributed by atoms with Crippen molar-refractivity contribution in [1.29, 1.82) is 0 Å². The highest BCUT2D eigenvalue weighted by atomic mass is 15.3. The summed E-state index contributed by atoms with van der Waals surface area (Å²) in [4.78, 5) is 6.96. The smallest absolute Gasteiger partial charge is 0.194 e. The molecule has 1 N–H and O–H groups in total. The van der Waals surface area contributed by atoms with E-state index >= 15 is 0 Å². The summed E-state index contributed by atoms with van der Waals surface area (Å²) in [6, 6.07) is 9.18. The summed E-state index contributed by atoms with van der Waals surface area (Å²) in [6.07, 6.45) is 3.30. The Morgan fingerprint density at radius 2 is 2.11 bits per heavy atom. The van der Waals surface area contributed by atoms with Crippen molar-refractivity contribution in [1.82, 2.24) is 20.0 Å². The van der Waals surface area contributed by atoms with Crippen LogP contribution in [0.1, 0.15) is 61.4 Å². The van der Waals surface area contributed by atoms with Gasteiger partial charge in [-0.2, -0.15) is 5.10 Å². The molecule has 1 saturated carbocycles. The first-order valence-electron chi connectivity index (χ1n) is 10.0. The Bertz CT molecular complexity index is 805. The maximum atomic E-state index is 4.74. The molecule has 0 aliphatic heterocycles. The van der Waals surface area contributed by atoms with Crippen LogP contribution in [0.5, 0.6) is 0 Å². The Labute approximate surface area is 163 Å². The Balaban J connectivity index is 1.68. The number of nitrogens with zero attached hydrogens (tertiary/aromatic N) is 4. The van der Waals surface area contributed by atoms with Crippen LogP contribution < -0.4 is 5.32 Å². The molecule has 1 aromatic carbocycles. The van der Waals surface area contributed by atoms with Crippen LogP contribution in [0.4, 0.5) is 0 Å². The number of rotatable bonds is 6. The number of guanidine groups is 1. The zero-order valence-corrected chi connectivity index (χ0v) is 17.5. The van der Waals surface area contributed by atoms with Crippen LogP contribution in [0, 0.1) is 6.92 Å². The van der Waals surface area contributed by atoms with E-state index in [1.54, 1.807) is 0 Å². The molecule has 146 valence electrons. The second kappa shape index (κ2) is 8.15. The van der Waals surface area contributed by atoms with Crippen molar-refractivity contribution in [3.8, 4) is 0 Å². The average Bonchev–Trinajstić information content (AvgIpc) is 3.27. The molecule has 2 aromatic rings. The Kier molecular flexibility index (Phi) is 5.88. The molecule has 0 saturated heterocycles. The van der Waals surface area contributed by atoms with E-state index in [-0.39, 0.29) is 0 Å². The van der Waals surface area contributed by atoms with Gasteiger partial charge in [0.1, 0.15) is 0 Å². The fraction of sp³-hybridized carbons (Fsp3) is 0.545. The van der Waals surface area contributed by atoms with E-state index in [0.29, 0.717) is 17.9 Å². The van der Waals surface area contributed by atoms with Gasteiger partial charge in [0, 0.05) is 50.9 Å². The number of aromatic nitrogens is 2. The van der Waals surface area contributed by atoms with Crippen LogP contribution in [0.2, 0.25) is 0 Å². The van der Waals surface area contributed by atoms with Crippen LogP contribution in [0.25, 0.3) is 0 Å². The van der Waals surface area contributed by atoms with Crippen LogP contribution in [-0.2, 0) is 13.6 Å². The van der Waals surface area contributed by atoms with Gasteiger partial charge >= 0.3 is 0 Å². The third-order valence-electron chi connectivity index (χ3n) is 5.25. The summed E-state index contributed by atoms with van der Waals surface area (Å²) in [5.74, 6) is 1.99. The number of benzene rings is 1. The number of aryl methyl sites for hydroxylation is 2. The van der Waals surface area contributed by atoms with Gasteiger partial charge in [-0.1, -0.05) is 38.1 Å². The lowest BCUT2D eigenvalue weighted by Crippen LogP contribution is -2.40. The summed E-state index contributed by atoms with van der Waals surface area (Å²) in [7, 11) is 4.11. The highest BCUT2D eigenvalue weighted by Crippen LogP contribution is 2.42. The molecule has 0 radical (unpaired) electrons. The molecular weight excluding hydrogens is 334 g/mol. The second-order valence-corrected chi connectivity index (χ2v) is 7.97. The topological polar surface area (TPSA) is 45.5 Å². The maximum absolute atomic E-state index is 4.74. The molecule has 3 rings (SSSR count). The molecule has 1 aromatic heterocycles. The van der Waals surface area contributed by atoms with E-state index in [9.17, 15) is 0 Å². The van der Waals surface area contributed by atoms with Crippen molar-refractivity contribution in [2.24, 2.45) is 12.0 Å². The predicted molar refractivity (Wildman–Crippen MR) is 112 cm³/mol. The van der Waals surface area contributed by atoms with Crippen molar-refractivity contribution in [2.75, 3.05) is 13.6 Å². The number of aliphatic imine (C=N–C) groups is 1. The number of nitrogens with one attached hydrogen (secondary N) is 1. The first-order chi connectivity index (χ1) is 12.9. The fourth-order valence-corrected chi connectivity index (χ4v) is 3.79. The summed E-state index contributed by atoms with van der Waals surface area (Å²) < 4.78 is 1.91. The first-order valence-corrected chi connectivity index (χ1v) is 10.0. The van der Waals surface area contributed by atoms with E-state index in [0.717, 1.165) is 19.0 Å². The van der Waals surface area contributed by atoms with Gasteiger partial charge in [0.15, 0.2) is 5.96 Å². The highest BCUT2D eigenvalue weighted by Gasteiger charge is 2.40. The van der Waals surface area contributed by atoms with Gasteiger partial charge in [-0.3, -0.25) is 9.67 Å². The molecule has 1 aliphatic carbocycles. The van der Waals surface area contributed by atoms with Crippen molar-refractivity contribution in [2.45, 2.75) is 58.5 Å². The standard InChI is InChI=1S/C22H33N5/c1-7-23-22(24-20-12-19(20)18-11-9-8-10-16(18)4)26(5)13-17-14-27(6)25-21(17)15(2)3/h8-11,14-15,19-20H,7,12-13H2,1-6H3,(H,23,24). The molecule has 0 amide bonds. The molecule has 1 heterocycles. The Morgan fingerprint density at radius 1 is 1.37 bits per heavy atom. The largest absolute Gasteiger partial charge is 0.353 e. The van der Waals surface area contributed by atoms with Crippen molar-refractivity contribution >= 4 is 5.96 Å². The van der Waals surface area contributed by atoms with Gasteiger partial charge in [0.2, 0.25) is 0 Å². The molecule has 1 fully saturated rings. The average molecular weight is 368 g/mol. The summed E-state index contributed by atoms with van der Waals surface area (Å²) >= 11 is 0. The predicted octanol–water partition coefficient (Wildman–Crippen LogP) is 3.81. The van der Waals surface area contributed by atoms with E-state index in [4.69, 9.17) is 4.99 Å². The van der Waals surface area contributed by atoms with Crippen LogP contribution in [-0.4, -0.2) is 40.3 Å². The molecule has 27 heavy (non-hydrogen) atoms. The minimum atomic E-state index is 0.419. The summed E-state index contributed by atoms with van der Waals surface area (Å²) in [5.41, 5.74) is 5.28. The highest BCUT2D eigenvalue weighted by molar-refractivity contribution is 5.80. The lowest BCUT2D eigenvalue weighted by Gasteiger charge is -2.23. The maximum Gasteiger partial charge on any atom is 0.194 e. The van der Waals surface area contributed by atoms with Gasteiger partial charge in [-0.15, -0.1) is 0 Å². The van der Waals surface area contributed by atoms with Crippen LogP contribution in [0.15, 0.2) is 35.5 Å². The van der Waals surface area contributed by atoms with Gasteiger partial charge < -0.3 is 10.2 Å². The van der Waals surface area contributed by atoms with E-state index in [1.807, 2.05) is 11.7 Å². The van der Waals surface area contributed by atoms with E-state index in [2.05, 4.69) is 80.5 Å². The molecule has 1 aliphatic rings. The minimum Gasteiger partial charge on any atom is -0.353 e. The number of hydrogen-bond donors (Lipinski definition) is 1. The van der Waals surface area contributed by atoms with Crippen LogP contribution in [0.3, 0.4) is 0 Å². The molecule has 2 unspecified atom stereocenters. The normalized spacial score (nSPS) is 19.4. The van der Waals surface area contributed by atoms with Gasteiger partial charge in [0.05, 0.1) is 5.69 Å². The zero-order valence-electron chi connectivity index (χ0n) is 17.5. The van der Waals surface area contributed by atoms with Gasteiger partial charge in [-0.05, 0) is 37.3 Å². The second-order valence-electron chi connectivity index (χ2n) is 7.97. The van der Waals surface area contributed by atoms with Crippen molar-refractivity contribution < 1.29 is 0 Å². The molecule has 0 bridgehead atoms. The molecule has 5 nitrogen and oxygen atoms in total. The first kappa shape index (κ1) is 19.5. The van der Waals surface area contributed by atoms with Gasteiger partial charge in [0.25, 0.3) is 0 Å². The summed E-state index contributed by atoms with van der Waals surface area (Å²) in [6.45, 7) is 10.3. The monoisotopic (exact) mass is 367 g/mol. The van der Waals surface area contributed by atoms with Crippen molar-refractivity contribution in [3.63, 3.8) is 0 Å².